The molecule has 5 aliphatic rings. The summed E-state index contributed by atoms with van der Waals surface area (Å²) in [5, 5.41) is 26.2. The number of benzene rings is 1. The van der Waals surface area contributed by atoms with Gasteiger partial charge in [-0.15, -0.1) is 0 Å². The number of carbonyl (C=O) groups is 1. The summed E-state index contributed by atoms with van der Waals surface area (Å²) in [5.74, 6) is -0.629. The number of allylic oxidation sites excluding steroid dienone is 1. The third-order valence-corrected chi connectivity index (χ3v) is 8.64. The number of carbonyl (C=O) groups excluding carboxylic acids is 1. The second-order valence-corrected chi connectivity index (χ2v) is 9.16. The van der Waals surface area contributed by atoms with Gasteiger partial charge in [-0.2, -0.15) is 0 Å². The lowest BCUT2D eigenvalue weighted by molar-refractivity contribution is -0.944. The second kappa shape index (κ2) is 5.38. The normalized spacial score (nSPS) is 46.7. The predicted molar refractivity (Wildman–Crippen MR) is 104 cm³/mol. The molecular formula is C22H29N2O4+. The van der Waals surface area contributed by atoms with Crippen LogP contribution in [0.25, 0.3) is 0 Å². The van der Waals surface area contributed by atoms with Crippen molar-refractivity contribution in [3.8, 4) is 0 Å². The number of fused-ring (bicyclic) bond motifs is 3. The first-order valence-electron chi connectivity index (χ1n) is 10.1. The van der Waals surface area contributed by atoms with E-state index in [0.717, 1.165) is 29.9 Å². The first-order valence-corrected chi connectivity index (χ1v) is 10.1. The standard InChI is InChI=1S/C22H29N2O4/c1-4-14-12-24(2)10-9-21-15-7-5-6-8-17(15)23-22(21,24)18(26)11-16(14)20(21,13-25)19(27)28-3/h4-8,16,18,23,25-26H,9-13H2,1-3H3/q+1/b14-4+/t16?,18-,20?,21-,22-,24?/m0/s1. The second-order valence-electron chi connectivity index (χ2n) is 9.16. The van der Waals surface area contributed by atoms with Crippen molar-refractivity contribution in [2.75, 3.05) is 39.2 Å². The maximum Gasteiger partial charge on any atom is 0.316 e. The number of para-hydroxylation sites is 1. The van der Waals surface area contributed by atoms with E-state index in [0.29, 0.717) is 17.3 Å². The molecule has 1 aliphatic carbocycles. The summed E-state index contributed by atoms with van der Waals surface area (Å²) in [6, 6.07) is 8.04. The Hall–Kier alpha value is -1.89. The van der Waals surface area contributed by atoms with Crippen molar-refractivity contribution in [2.24, 2.45) is 11.3 Å². The number of aliphatic hydroxyl groups excluding tert-OH is 2. The van der Waals surface area contributed by atoms with Gasteiger partial charge in [0.1, 0.15) is 18.1 Å². The number of rotatable bonds is 2. The Morgan fingerprint density at radius 1 is 1.43 bits per heavy atom. The molecule has 4 fully saturated rings. The highest BCUT2D eigenvalue weighted by molar-refractivity contribution is 5.85. The van der Waals surface area contributed by atoms with E-state index >= 15 is 0 Å². The number of quaternary nitrogens is 1. The van der Waals surface area contributed by atoms with Gasteiger partial charge in [0.2, 0.25) is 5.66 Å². The maximum atomic E-state index is 13.5. The molecule has 3 saturated heterocycles. The van der Waals surface area contributed by atoms with Gasteiger partial charge in [0.05, 0.1) is 32.7 Å². The lowest BCUT2D eigenvalue weighted by Crippen LogP contribution is -2.78. The van der Waals surface area contributed by atoms with Crippen LogP contribution < -0.4 is 5.32 Å². The SMILES string of the molecule is C/C=C1\C[N+]2(C)CC[C@@]34c5ccccc5N[C@]32[C@@H](O)CC1C4(CO)C(=O)OC. The van der Waals surface area contributed by atoms with Crippen LogP contribution in [-0.2, 0) is 14.9 Å². The molecule has 0 amide bonds. The number of nitrogens with zero attached hydrogens (tertiary/aromatic N) is 1. The zero-order valence-corrected chi connectivity index (χ0v) is 16.7. The quantitative estimate of drug-likeness (QED) is 0.407. The Morgan fingerprint density at radius 2 is 2.18 bits per heavy atom. The van der Waals surface area contributed by atoms with E-state index < -0.39 is 22.6 Å². The zero-order valence-electron chi connectivity index (χ0n) is 16.7. The van der Waals surface area contributed by atoms with Gasteiger partial charge in [0, 0.05) is 18.0 Å². The molecule has 1 spiro atoms. The van der Waals surface area contributed by atoms with Crippen LogP contribution in [0.2, 0.25) is 0 Å². The van der Waals surface area contributed by atoms with Crippen LogP contribution in [-0.4, -0.2) is 66.3 Å². The van der Waals surface area contributed by atoms with Gasteiger partial charge in [-0.1, -0.05) is 24.3 Å². The third-order valence-electron chi connectivity index (χ3n) is 8.64. The van der Waals surface area contributed by atoms with Gasteiger partial charge in [-0.25, -0.2) is 0 Å². The number of aliphatic hydroxyl groups is 2. The average molecular weight is 385 g/mol. The van der Waals surface area contributed by atoms with Crippen LogP contribution in [0.15, 0.2) is 35.9 Å². The van der Waals surface area contributed by atoms with Gasteiger partial charge in [-0.05, 0) is 30.5 Å². The highest BCUT2D eigenvalue weighted by atomic mass is 16.5. The van der Waals surface area contributed by atoms with Crippen LogP contribution in [0.1, 0.15) is 25.3 Å². The highest BCUT2D eigenvalue weighted by Crippen LogP contribution is 2.74. The minimum atomic E-state index is -1.13. The van der Waals surface area contributed by atoms with Crippen molar-refractivity contribution in [1.82, 2.24) is 0 Å². The fraction of sp³-hybridized carbons (Fsp3) is 0.591. The molecule has 3 N–H and O–H groups in total. The van der Waals surface area contributed by atoms with E-state index in [1.54, 1.807) is 0 Å². The third kappa shape index (κ3) is 1.52. The van der Waals surface area contributed by atoms with E-state index in [9.17, 15) is 15.0 Å². The Labute approximate surface area is 165 Å². The number of esters is 1. The number of hydrogen-bond donors (Lipinski definition) is 3. The fourth-order valence-corrected chi connectivity index (χ4v) is 7.70. The monoisotopic (exact) mass is 385 g/mol. The van der Waals surface area contributed by atoms with Crippen LogP contribution in [0.5, 0.6) is 0 Å². The van der Waals surface area contributed by atoms with Crippen molar-refractivity contribution in [3.05, 3.63) is 41.5 Å². The fourth-order valence-electron chi connectivity index (χ4n) is 7.70. The first kappa shape index (κ1) is 18.2. The maximum absolute atomic E-state index is 13.5. The van der Waals surface area contributed by atoms with Gasteiger partial charge < -0.3 is 20.3 Å². The molecule has 0 aromatic heterocycles. The summed E-state index contributed by atoms with van der Waals surface area (Å²) < 4.78 is 5.98. The molecule has 1 saturated carbocycles. The Morgan fingerprint density at radius 3 is 2.86 bits per heavy atom. The predicted octanol–water partition coefficient (Wildman–Crippen LogP) is 1.39. The molecule has 0 radical (unpaired) electrons. The molecule has 4 heterocycles. The van der Waals surface area contributed by atoms with Crippen molar-refractivity contribution in [2.45, 2.75) is 36.9 Å². The number of nitrogens with one attached hydrogen (secondary N) is 1. The minimum absolute atomic E-state index is 0.258. The summed E-state index contributed by atoms with van der Waals surface area (Å²) in [5.41, 5.74) is 0.476. The van der Waals surface area contributed by atoms with Crippen LogP contribution in [0.3, 0.4) is 0 Å². The highest BCUT2D eigenvalue weighted by Gasteiger charge is 2.88. The van der Waals surface area contributed by atoms with Gasteiger partial charge in [0.25, 0.3) is 0 Å². The minimum Gasteiger partial charge on any atom is -0.468 e. The summed E-state index contributed by atoms with van der Waals surface area (Å²) in [4.78, 5) is 13.5. The molecule has 3 unspecified atom stereocenters. The molecule has 6 heteroatoms. The Bertz CT molecular complexity index is 900. The molecule has 6 atom stereocenters. The number of methoxy groups -OCH3 is 1. The summed E-state index contributed by atoms with van der Waals surface area (Å²) in [6.45, 7) is 3.26. The Balaban J connectivity index is 1.96. The van der Waals surface area contributed by atoms with E-state index in [-0.39, 0.29) is 18.5 Å². The van der Waals surface area contributed by atoms with Crippen LogP contribution in [0.4, 0.5) is 5.69 Å². The van der Waals surface area contributed by atoms with Crippen molar-refractivity contribution >= 4 is 11.7 Å². The lowest BCUT2D eigenvalue weighted by atomic mass is 9.45. The van der Waals surface area contributed by atoms with Gasteiger partial charge in [0.15, 0.2) is 0 Å². The zero-order chi connectivity index (χ0) is 19.9. The van der Waals surface area contributed by atoms with E-state index in [1.807, 2.05) is 25.1 Å². The van der Waals surface area contributed by atoms with Gasteiger partial charge >= 0.3 is 5.97 Å². The lowest BCUT2D eigenvalue weighted by Gasteiger charge is -2.58. The summed E-state index contributed by atoms with van der Waals surface area (Å²) in [7, 11) is 3.59. The molecular weight excluding hydrogens is 356 g/mol. The molecule has 4 aliphatic heterocycles. The van der Waals surface area contributed by atoms with E-state index in [2.05, 4.69) is 24.5 Å². The molecule has 1 aromatic carbocycles. The Kier molecular flexibility index (Phi) is 3.49. The molecule has 6 rings (SSSR count). The number of hydrogen-bond acceptors (Lipinski definition) is 5. The van der Waals surface area contributed by atoms with Crippen molar-refractivity contribution in [1.29, 1.82) is 0 Å². The number of likely N-dealkylation sites (N-methyl/N-ethyl adjacent to an activating group) is 1. The summed E-state index contributed by atoms with van der Waals surface area (Å²) in [6.07, 6.45) is 2.59. The molecule has 6 nitrogen and oxygen atoms in total. The van der Waals surface area contributed by atoms with E-state index in [1.165, 1.54) is 7.11 Å². The van der Waals surface area contributed by atoms with Crippen molar-refractivity contribution < 1.29 is 24.2 Å². The molecule has 150 valence electrons. The number of ether oxygens (including phenoxy) is 1. The van der Waals surface area contributed by atoms with Crippen LogP contribution >= 0.6 is 0 Å². The number of anilines is 1. The largest absolute Gasteiger partial charge is 0.468 e. The molecule has 4 bridgehead atoms. The summed E-state index contributed by atoms with van der Waals surface area (Å²) >= 11 is 0. The van der Waals surface area contributed by atoms with E-state index in [4.69, 9.17) is 4.74 Å². The first-order chi connectivity index (χ1) is 13.4. The van der Waals surface area contributed by atoms with Gasteiger partial charge in [-0.3, -0.25) is 9.28 Å². The topological polar surface area (TPSA) is 78.8 Å². The smallest absolute Gasteiger partial charge is 0.316 e. The average Bonchev–Trinajstić information content (AvgIpc) is 3.12. The van der Waals surface area contributed by atoms with Crippen LogP contribution in [0, 0.1) is 11.3 Å². The molecule has 1 aromatic rings. The van der Waals surface area contributed by atoms with Crippen molar-refractivity contribution in [3.63, 3.8) is 0 Å². The molecule has 28 heavy (non-hydrogen) atoms.